The minimum Gasteiger partial charge on any atom is -0.302 e. The predicted molar refractivity (Wildman–Crippen MR) is 47.5 cm³/mol. The summed E-state index contributed by atoms with van der Waals surface area (Å²) in [7, 11) is 2.07. The van der Waals surface area contributed by atoms with Gasteiger partial charge >= 0.3 is 0 Å². The van der Waals surface area contributed by atoms with Crippen molar-refractivity contribution < 1.29 is 4.79 Å². The molecule has 0 atom stereocenters. The van der Waals surface area contributed by atoms with Crippen LogP contribution in [0.4, 0.5) is 0 Å². The van der Waals surface area contributed by atoms with E-state index in [1.54, 1.807) is 6.20 Å². The molecule has 68 valence electrons. The number of likely N-dealkylation sites (N-methyl/N-ethyl adjacent to an activating group) is 1. The van der Waals surface area contributed by atoms with Crippen LogP contribution < -0.4 is 0 Å². The largest absolute Gasteiger partial charge is 0.302 e. The van der Waals surface area contributed by atoms with Gasteiger partial charge in [-0.05, 0) is 7.05 Å². The van der Waals surface area contributed by atoms with Gasteiger partial charge in [-0.25, -0.2) is 9.97 Å². The number of rotatable bonds is 1. The number of aldehydes is 1. The summed E-state index contributed by atoms with van der Waals surface area (Å²) >= 11 is 0. The first-order valence-electron chi connectivity index (χ1n) is 4.28. The Balaban J connectivity index is 2.36. The summed E-state index contributed by atoms with van der Waals surface area (Å²) in [6.07, 6.45) is 3.36. The van der Waals surface area contributed by atoms with E-state index in [0.29, 0.717) is 12.1 Å². The maximum absolute atomic E-state index is 10.4. The van der Waals surface area contributed by atoms with E-state index in [1.807, 2.05) is 0 Å². The van der Waals surface area contributed by atoms with E-state index in [0.717, 1.165) is 30.8 Å². The highest BCUT2D eigenvalue weighted by Crippen LogP contribution is 2.14. The van der Waals surface area contributed by atoms with E-state index < -0.39 is 0 Å². The molecule has 0 radical (unpaired) electrons. The number of carbonyl (C=O) groups is 1. The monoisotopic (exact) mass is 177 g/mol. The van der Waals surface area contributed by atoms with Gasteiger partial charge in [-0.15, -0.1) is 0 Å². The fourth-order valence-corrected chi connectivity index (χ4v) is 1.53. The van der Waals surface area contributed by atoms with Crippen molar-refractivity contribution in [1.29, 1.82) is 0 Å². The summed E-state index contributed by atoms with van der Waals surface area (Å²) in [5.74, 6) is 0.295. The molecule has 0 saturated carbocycles. The molecule has 0 aliphatic carbocycles. The van der Waals surface area contributed by atoms with Crippen LogP contribution in [0, 0.1) is 0 Å². The number of hydrogen-bond donors (Lipinski definition) is 0. The maximum atomic E-state index is 10.4. The third kappa shape index (κ3) is 1.58. The second kappa shape index (κ2) is 3.22. The molecule has 4 heteroatoms. The van der Waals surface area contributed by atoms with Gasteiger partial charge < -0.3 is 4.90 Å². The van der Waals surface area contributed by atoms with Crippen LogP contribution in [-0.4, -0.2) is 34.7 Å². The molecule has 2 heterocycles. The summed E-state index contributed by atoms with van der Waals surface area (Å²) < 4.78 is 0. The number of aromatic nitrogens is 2. The summed E-state index contributed by atoms with van der Waals surface area (Å²) in [5.41, 5.74) is 2.16. The fourth-order valence-electron chi connectivity index (χ4n) is 1.53. The number of hydrogen-bond acceptors (Lipinski definition) is 4. The van der Waals surface area contributed by atoms with E-state index in [-0.39, 0.29) is 0 Å². The highest BCUT2D eigenvalue weighted by molar-refractivity contribution is 5.68. The summed E-state index contributed by atoms with van der Waals surface area (Å²) in [6, 6.07) is 0. The van der Waals surface area contributed by atoms with Gasteiger partial charge in [0, 0.05) is 31.3 Å². The molecule has 1 aliphatic rings. The molecule has 0 spiro atoms. The number of nitrogens with zero attached hydrogens (tertiary/aromatic N) is 3. The Bertz CT molecular complexity index is 338. The van der Waals surface area contributed by atoms with Gasteiger partial charge in [0.25, 0.3) is 0 Å². The standard InChI is InChI=1S/C9H11N3O/c1-12-3-2-8-7(5-12)4-10-9(6-13)11-8/h4,6H,2-3,5H2,1H3. The highest BCUT2D eigenvalue weighted by atomic mass is 16.1. The van der Waals surface area contributed by atoms with Crippen molar-refractivity contribution in [2.45, 2.75) is 13.0 Å². The van der Waals surface area contributed by atoms with Crippen molar-refractivity contribution in [2.75, 3.05) is 13.6 Å². The minimum atomic E-state index is 0.295. The molecule has 0 bridgehead atoms. The Morgan fingerprint density at radius 1 is 1.62 bits per heavy atom. The molecule has 0 fully saturated rings. The van der Waals surface area contributed by atoms with Crippen LogP contribution in [0.5, 0.6) is 0 Å². The summed E-state index contributed by atoms with van der Waals surface area (Å²) in [6.45, 7) is 1.89. The van der Waals surface area contributed by atoms with E-state index in [1.165, 1.54) is 0 Å². The third-order valence-corrected chi connectivity index (χ3v) is 2.25. The van der Waals surface area contributed by atoms with E-state index in [2.05, 4.69) is 21.9 Å². The molecule has 0 aromatic carbocycles. The maximum Gasteiger partial charge on any atom is 0.192 e. The Kier molecular flexibility index (Phi) is 2.06. The topological polar surface area (TPSA) is 46.1 Å². The zero-order chi connectivity index (χ0) is 9.26. The normalized spacial score (nSPS) is 16.7. The van der Waals surface area contributed by atoms with Crippen LogP contribution in [0.2, 0.25) is 0 Å². The summed E-state index contributed by atoms with van der Waals surface area (Å²) in [5, 5.41) is 0. The van der Waals surface area contributed by atoms with Crippen molar-refractivity contribution in [2.24, 2.45) is 0 Å². The van der Waals surface area contributed by atoms with Crippen LogP contribution in [0.1, 0.15) is 21.9 Å². The van der Waals surface area contributed by atoms with E-state index in [9.17, 15) is 4.79 Å². The molecular weight excluding hydrogens is 166 g/mol. The van der Waals surface area contributed by atoms with Crippen LogP contribution in [-0.2, 0) is 13.0 Å². The molecule has 0 unspecified atom stereocenters. The van der Waals surface area contributed by atoms with Gasteiger partial charge in [0.15, 0.2) is 12.1 Å². The Labute approximate surface area is 76.6 Å². The highest BCUT2D eigenvalue weighted by Gasteiger charge is 2.14. The van der Waals surface area contributed by atoms with Gasteiger partial charge in [-0.3, -0.25) is 4.79 Å². The lowest BCUT2D eigenvalue weighted by Gasteiger charge is -2.23. The van der Waals surface area contributed by atoms with E-state index in [4.69, 9.17) is 0 Å². The molecule has 1 aromatic heterocycles. The van der Waals surface area contributed by atoms with Crippen LogP contribution >= 0.6 is 0 Å². The predicted octanol–water partition coefficient (Wildman–Crippen LogP) is 0.277. The van der Waals surface area contributed by atoms with Crippen molar-refractivity contribution in [1.82, 2.24) is 14.9 Å². The zero-order valence-electron chi connectivity index (χ0n) is 7.53. The van der Waals surface area contributed by atoms with Gasteiger partial charge in [0.2, 0.25) is 0 Å². The number of fused-ring (bicyclic) bond motifs is 1. The van der Waals surface area contributed by atoms with Crippen molar-refractivity contribution >= 4 is 6.29 Å². The summed E-state index contributed by atoms with van der Waals surface area (Å²) in [4.78, 5) is 20.7. The Hall–Kier alpha value is -1.29. The molecule has 0 amide bonds. The van der Waals surface area contributed by atoms with Crippen molar-refractivity contribution in [3.05, 3.63) is 23.3 Å². The molecule has 1 aromatic rings. The van der Waals surface area contributed by atoms with E-state index >= 15 is 0 Å². The molecule has 2 rings (SSSR count). The van der Waals surface area contributed by atoms with Crippen molar-refractivity contribution in [3.8, 4) is 0 Å². The molecule has 4 nitrogen and oxygen atoms in total. The molecular formula is C9H11N3O. The lowest BCUT2D eigenvalue weighted by Crippen LogP contribution is -2.27. The Morgan fingerprint density at radius 3 is 3.23 bits per heavy atom. The van der Waals surface area contributed by atoms with Crippen LogP contribution in [0.15, 0.2) is 6.20 Å². The van der Waals surface area contributed by atoms with Gasteiger partial charge in [0.05, 0.1) is 5.69 Å². The van der Waals surface area contributed by atoms with Crippen LogP contribution in [0.25, 0.3) is 0 Å². The first kappa shape index (κ1) is 8.31. The first-order valence-corrected chi connectivity index (χ1v) is 4.28. The second-order valence-corrected chi connectivity index (χ2v) is 3.31. The molecule has 0 saturated heterocycles. The minimum absolute atomic E-state index is 0.295. The smallest absolute Gasteiger partial charge is 0.192 e. The Morgan fingerprint density at radius 2 is 2.46 bits per heavy atom. The molecule has 1 aliphatic heterocycles. The second-order valence-electron chi connectivity index (χ2n) is 3.31. The quantitative estimate of drug-likeness (QED) is 0.578. The van der Waals surface area contributed by atoms with Crippen LogP contribution in [0.3, 0.4) is 0 Å². The molecule has 13 heavy (non-hydrogen) atoms. The lowest BCUT2D eigenvalue weighted by atomic mass is 10.1. The number of carbonyl (C=O) groups excluding carboxylic acids is 1. The van der Waals surface area contributed by atoms with Gasteiger partial charge in [-0.1, -0.05) is 0 Å². The first-order chi connectivity index (χ1) is 6.29. The fraction of sp³-hybridized carbons (Fsp3) is 0.444. The van der Waals surface area contributed by atoms with Gasteiger partial charge in [0.1, 0.15) is 0 Å². The average Bonchev–Trinajstić information content (AvgIpc) is 2.17. The SMILES string of the molecule is CN1CCc2nc(C=O)ncc2C1. The zero-order valence-corrected chi connectivity index (χ0v) is 7.53. The lowest BCUT2D eigenvalue weighted by molar-refractivity contribution is 0.111. The third-order valence-electron chi connectivity index (χ3n) is 2.25. The average molecular weight is 177 g/mol. The van der Waals surface area contributed by atoms with Gasteiger partial charge in [-0.2, -0.15) is 0 Å². The van der Waals surface area contributed by atoms with Crippen molar-refractivity contribution in [3.63, 3.8) is 0 Å². The molecule has 0 N–H and O–H groups in total.